The second-order valence-electron chi connectivity index (χ2n) is 26.8. The first-order valence-corrected chi connectivity index (χ1v) is 41.1. The van der Waals surface area contributed by atoms with Gasteiger partial charge in [0.2, 0.25) is 0 Å². The molecule has 0 saturated carbocycles. The molecule has 0 fully saturated rings. The van der Waals surface area contributed by atoms with Crippen LogP contribution in [-0.2, 0) is 65.4 Å². The van der Waals surface area contributed by atoms with Crippen LogP contribution in [0.3, 0.4) is 0 Å². The van der Waals surface area contributed by atoms with Crippen molar-refractivity contribution in [3.63, 3.8) is 0 Å². The normalized spacial score (nSPS) is 14.0. The van der Waals surface area contributed by atoms with E-state index in [-0.39, 0.29) is 25.7 Å². The van der Waals surface area contributed by atoms with Crippen molar-refractivity contribution in [3.8, 4) is 0 Å². The third kappa shape index (κ3) is 66.7. The quantitative estimate of drug-likeness (QED) is 0.0222. The molecule has 0 bridgehead atoms. The van der Waals surface area contributed by atoms with E-state index in [1.165, 1.54) is 193 Å². The van der Waals surface area contributed by atoms with Crippen LogP contribution in [0.2, 0.25) is 0 Å². The maximum absolute atomic E-state index is 13.1. The summed E-state index contributed by atoms with van der Waals surface area (Å²) in [6, 6.07) is 0. The predicted molar refractivity (Wildman–Crippen MR) is 372 cm³/mol. The summed E-state index contributed by atoms with van der Waals surface area (Å²) in [6.07, 6.45) is 54.8. The Balaban J connectivity index is 5.08. The maximum Gasteiger partial charge on any atom is 0.472 e. The summed E-state index contributed by atoms with van der Waals surface area (Å²) in [5.74, 6) is -1.34. The van der Waals surface area contributed by atoms with Gasteiger partial charge in [-0.3, -0.25) is 37.3 Å². The molecule has 0 amide bonds. The van der Waals surface area contributed by atoms with Crippen molar-refractivity contribution in [1.82, 2.24) is 0 Å². The second-order valence-corrected chi connectivity index (χ2v) is 29.7. The molecule has 0 aromatic heterocycles. The van der Waals surface area contributed by atoms with E-state index >= 15 is 0 Å². The van der Waals surface area contributed by atoms with Gasteiger partial charge in [0.15, 0.2) is 12.2 Å². The van der Waals surface area contributed by atoms with Crippen molar-refractivity contribution in [2.75, 3.05) is 39.6 Å². The molecule has 17 nitrogen and oxygen atoms in total. The molecular formula is C73H142O17P2. The lowest BCUT2D eigenvalue weighted by atomic mass is 10.0. The molecule has 0 saturated heterocycles. The number of ether oxygens (including phenoxy) is 4. The van der Waals surface area contributed by atoms with E-state index in [0.29, 0.717) is 25.7 Å². The van der Waals surface area contributed by atoms with Crippen LogP contribution in [0.1, 0.15) is 381 Å². The first-order valence-electron chi connectivity index (χ1n) is 38.1. The highest BCUT2D eigenvalue weighted by Crippen LogP contribution is 2.45. The molecule has 0 rings (SSSR count). The summed E-state index contributed by atoms with van der Waals surface area (Å²) in [7, 11) is -9.89. The van der Waals surface area contributed by atoms with Gasteiger partial charge in [-0.1, -0.05) is 330 Å². The number of hydrogen-bond donors (Lipinski definition) is 3. The summed E-state index contributed by atoms with van der Waals surface area (Å²) in [5.41, 5.74) is 0. The van der Waals surface area contributed by atoms with Crippen LogP contribution in [0, 0.1) is 5.92 Å². The van der Waals surface area contributed by atoms with Crippen molar-refractivity contribution < 1.29 is 80.2 Å². The Kier molecular flexibility index (Phi) is 64.9. The third-order valence-corrected chi connectivity index (χ3v) is 18.9. The van der Waals surface area contributed by atoms with Gasteiger partial charge >= 0.3 is 39.5 Å². The Morgan fingerprint density at radius 1 is 0.293 bits per heavy atom. The molecule has 0 spiro atoms. The smallest absolute Gasteiger partial charge is 0.462 e. The van der Waals surface area contributed by atoms with Crippen molar-refractivity contribution in [3.05, 3.63) is 0 Å². The van der Waals surface area contributed by atoms with Gasteiger partial charge < -0.3 is 33.8 Å². The second kappa shape index (κ2) is 66.3. The number of aliphatic hydroxyl groups excluding tert-OH is 1. The molecule has 3 N–H and O–H groups in total. The molecule has 546 valence electrons. The van der Waals surface area contributed by atoms with E-state index in [0.717, 1.165) is 109 Å². The fourth-order valence-corrected chi connectivity index (χ4v) is 12.8. The van der Waals surface area contributed by atoms with Gasteiger partial charge in [0, 0.05) is 25.7 Å². The Morgan fingerprint density at radius 2 is 0.500 bits per heavy atom. The average Bonchev–Trinajstić information content (AvgIpc) is 1.62. The summed E-state index contributed by atoms with van der Waals surface area (Å²) >= 11 is 0. The first kappa shape index (κ1) is 90.1. The standard InChI is InChI=1S/C73H142O17P2/c1-6-9-12-15-17-19-20-21-22-23-24-25-26-27-28-29-34-37-40-44-49-54-59-73(78)90-69(63-84-71(76)57-52-47-43-39-36-33-31-30-32-35-38-41-46-50-55-66(4)5)65-88-92(81,82)86-61-67(74)60-85-91(79,80)87-64-68(62-83-70(75)56-51-45-14-11-8-3)89-72(77)58-53-48-42-18-16-13-10-7-2/h66-69,74H,6-65H2,1-5H3,(H,79,80)(H,81,82)/t67-,68+,69+/m0/s1. The number of carbonyl (C=O) groups is 4. The number of phosphoric ester groups is 2. The van der Waals surface area contributed by atoms with Crippen molar-refractivity contribution >= 4 is 39.5 Å². The molecule has 0 aliphatic carbocycles. The van der Waals surface area contributed by atoms with E-state index in [1.54, 1.807) is 0 Å². The molecule has 0 heterocycles. The molecule has 0 aliphatic heterocycles. The van der Waals surface area contributed by atoms with Crippen LogP contribution in [0.25, 0.3) is 0 Å². The number of aliphatic hydroxyl groups is 1. The van der Waals surface area contributed by atoms with Crippen molar-refractivity contribution in [1.29, 1.82) is 0 Å². The van der Waals surface area contributed by atoms with E-state index in [4.69, 9.17) is 37.0 Å². The fraction of sp³-hybridized carbons (Fsp3) is 0.945. The average molecular weight is 1350 g/mol. The van der Waals surface area contributed by atoms with E-state index in [1.807, 2.05) is 0 Å². The maximum atomic E-state index is 13.1. The Hall–Kier alpha value is -1.94. The minimum absolute atomic E-state index is 0.104. The zero-order chi connectivity index (χ0) is 67.7. The van der Waals surface area contributed by atoms with E-state index in [2.05, 4.69) is 34.6 Å². The zero-order valence-electron chi connectivity index (χ0n) is 59.7. The third-order valence-electron chi connectivity index (χ3n) is 17.0. The molecule has 0 aromatic carbocycles. The van der Waals surface area contributed by atoms with Gasteiger partial charge in [-0.15, -0.1) is 0 Å². The SMILES string of the molecule is CCCCCCCCCCCCCCCCCCCCCCCCC(=O)O[C@H](COC(=O)CCCCCCCCCCCCCCCCC(C)C)COP(=O)(O)OC[C@@H](O)COP(=O)(O)OC[C@@H](COC(=O)CCCCCCC)OC(=O)CCCCCCCCCC. The molecule has 19 heteroatoms. The molecule has 0 aliphatic rings. The van der Waals surface area contributed by atoms with E-state index < -0.39 is 97.5 Å². The molecule has 0 aromatic rings. The number of hydrogen-bond acceptors (Lipinski definition) is 15. The molecule has 0 radical (unpaired) electrons. The van der Waals surface area contributed by atoms with Crippen molar-refractivity contribution in [2.45, 2.75) is 400 Å². The van der Waals surface area contributed by atoms with Gasteiger partial charge in [0.25, 0.3) is 0 Å². The summed E-state index contributed by atoms with van der Waals surface area (Å²) in [6.45, 7) is 7.16. The van der Waals surface area contributed by atoms with Gasteiger partial charge in [-0.2, -0.15) is 0 Å². The topological polar surface area (TPSA) is 237 Å². The van der Waals surface area contributed by atoms with Crippen LogP contribution in [0.4, 0.5) is 0 Å². The first-order chi connectivity index (χ1) is 44.5. The van der Waals surface area contributed by atoms with E-state index in [9.17, 15) is 43.2 Å². The van der Waals surface area contributed by atoms with Crippen LogP contribution >= 0.6 is 15.6 Å². The summed E-state index contributed by atoms with van der Waals surface area (Å²) in [4.78, 5) is 72.2. The van der Waals surface area contributed by atoms with Gasteiger partial charge in [-0.25, -0.2) is 9.13 Å². The monoisotopic (exact) mass is 1350 g/mol. The Bertz CT molecular complexity index is 1770. The lowest BCUT2D eigenvalue weighted by Gasteiger charge is -2.21. The fourth-order valence-electron chi connectivity index (χ4n) is 11.2. The lowest BCUT2D eigenvalue weighted by Crippen LogP contribution is -2.30. The minimum Gasteiger partial charge on any atom is -0.462 e. The van der Waals surface area contributed by atoms with Crippen LogP contribution in [0.5, 0.6) is 0 Å². The predicted octanol–water partition coefficient (Wildman–Crippen LogP) is 21.3. The number of rotatable bonds is 73. The van der Waals surface area contributed by atoms with Crippen LogP contribution in [0.15, 0.2) is 0 Å². The van der Waals surface area contributed by atoms with Crippen LogP contribution < -0.4 is 0 Å². The highest BCUT2D eigenvalue weighted by Gasteiger charge is 2.30. The number of carbonyl (C=O) groups excluding carboxylic acids is 4. The lowest BCUT2D eigenvalue weighted by molar-refractivity contribution is -0.161. The highest BCUT2D eigenvalue weighted by atomic mass is 31.2. The number of unbranched alkanes of at least 4 members (excludes halogenated alkanes) is 45. The largest absolute Gasteiger partial charge is 0.472 e. The number of phosphoric acid groups is 2. The summed E-state index contributed by atoms with van der Waals surface area (Å²) < 4.78 is 68.0. The van der Waals surface area contributed by atoms with Crippen molar-refractivity contribution in [2.24, 2.45) is 5.92 Å². The zero-order valence-corrected chi connectivity index (χ0v) is 61.5. The molecular weight excluding hydrogens is 1210 g/mol. The minimum atomic E-state index is -4.95. The van der Waals surface area contributed by atoms with Gasteiger partial charge in [0.1, 0.15) is 19.3 Å². The van der Waals surface area contributed by atoms with Gasteiger partial charge in [0.05, 0.1) is 26.4 Å². The van der Waals surface area contributed by atoms with Gasteiger partial charge in [-0.05, 0) is 31.6 Å². The molecule has 92 heavy (non-hydrogen) atoms. The Labute approximate surface area is 562 Å². The highest BCUT2D eigenvalue weighted by molar-refractivity contribution is 7.47. The Morgan fingerprint density at radius 3 is 0.739 bits per heavy atom. The van der Waals surface area contributed by atoms with Crippen LogP contribution in [-0.4, -0.2) is 96.7 Å². The molecule has 2 unspecified atom stereocenters. The number of esters is 4. The molecule has 5 atom stereocenters. The summed E-state index contributed by atoms with van der Waals surface area (Å²) in [5, 5.41) is 10.6.